The van der Waals surface area contributed by atoms with Crippen molar-refractivity contribution in [2.24, 2.45) is 0 Å². The van der Waals surface area contributed by atoms with Crippen LogP contribution in [0.3, 0.4) is 0 Å². The van der Waals surface area contributed by atoms with Crippen molar-refractivity contribution in [2.45, 2.75) is 64.0 Å². The van der Waals surface area contributed by atoms with Crippen LogP contribution in [0.15, 0.2) is 6.07 Å². The van der Waals surface area contributed by atoms with Crippen molar-refractivity contribution in [1.29, 1.82) is 0 Å². The molecule has 0 spiro atoms. The van der Waals surface area contributed by atoms with Crippen LogP contribution in [0, 0.1) is 6.92 Å². The van der Waals surface area contributed by atoms with Crippen LogP contribution in [0.1, 0.15) is 60.8 Å². The van der Waals surface area contributed by atoms with Crippen molar-refractivity contribution in [3.8, 4) is 0 Å². The minimum absolute atomic E-state index is 0.173. The van der Waals surface area contributed by atoms with Crippen LogP contribution in [-0.4, -0.2) is 39.2 Å². The Balaban J connectivity index is 1.64. The summed E-state index contributed by atoms with van der Waals surface area (Å²) in [6.45, 7) is 4.55. The van der Waals surface area contributed by atoms with E-state index in [1.165, 1.54) is 42.4 Å². The molecule has 0 radical (unpaired) electrons. The van der Waals surface area contributed by atoms with Crippen molar-refractivity contribution >= 4 is 21.6 Å². The third kappa shape index (κ3) is 3.28. The number of likely N-dealkylation sites (tertiary alicyclic amines) is 1. The van der Waals surface area contributed by atoms with Gasteiger partial charge in [0, 0.05) is 29.9 Å². The van der Waals surface area contributed by atoms with Gasteiger partial charge in [0.05, 0.1) is 11.8 Å². The molecule has 23 heavy (non-hydrogen) atoms. The normalized spacial score (nSPS) is 23.8. The molecule has 1 saturated carbocycles. The summed E-state index contributed by atoms with van der Waals surface area (Å²) in [5, 5.41) is 11.0. The molecular weight excluding hydrogens is 306 g/mol. The second-order valence-electron chi connectivity index (χ2n) is 7.10. The van der Waals surface area contributed by atoms with Crippen LogP contribution in [0.4, 0.5) is 0 Å². The molecule has 4 nitrogen and oxygen atoms in total. The summed E-state index contributed by atoms with van der Waals surface area (Å²) in [5.41, 5.74) is 1.14. The number of thiophene rings is 1. The van der Waals surface area contributed by atoms with E-state index in [0.717, 1.165) is 48.3 Å². The smallest absolute Gasteiger partial charge is 0.127 e. The molecule has 1 N–H and O–H groups in total. The molecule has 2 aromatic heterocycles. The van der Waals surface area contributed by atoms with Crippen molar-refractivity contribution in [3.05, 3.63) is 22.5 Å². The van der Waals surface area contributed by atoms with Gasteiger partial charge in [-0.1, -0.05) is 19.3 Å². The number of nitrogens with zero attached hydrogens (tertiary/aromatic N) is 3. The molecular formula is C18H25N3OS. The summed E-state index contributed by atoms with van der Waals surface area (Å²) in [6, 6.07) is 2.36. The maximum absolute atomic E-state index is 9.75. The minimum Gasteiger partial charge on any atom is -0.392 e. The first-order valence-electron chi connectivity index (χ1n) is 8.86. The van der Waals surface area contributed by atoms with Crippen molar-refractivity contribution in [2.75, 3.05) is 13.1 Å². The van der Waals surface area contributed by atoms with E-state index in [-0.39, 0.29) is 6.10 Å². The first kappa shape index (κ1) is 15.5. The Morgan fingerprint density at radius 2 is 2.04 bits per heavy atom. The fraction of sp³-hybridized carbons (Fsp3) is 0.667. The van der Waals surface area contributed by atoms with Gasteiger partial charge >= 0.3 is 0 Å². The van der Waals surface area contributed by atoms with Gasteiger partial charge in [0.2, 0.25) is 0 Å². The Kier molecular flexibility index (Phi) is 4.35. The average Bonchev–Trinajstić information content (AvgIpc) is 3.14. The molecule has 1 atom stereocenters. The van der Waals surface area contributed by atoms with E-state index in [1.54, 1.807) is 0 Å². The molecule has 4 rings (SSSR count). The number of β-amino-alcohol motifs (C(OH)–C–C–N with tert-alkyl or cyclic N) is 1. The lowest BCUT2D eigenvalue weighted by Crippen LogP contribution is -2.22. The predicted molar refractivity (Wildman–Crippen MR) is 93.9 cm³/mol. The third-order valence-electron chi connectivity index (χ3n) is 5.23. The molecule has 2 fully saturated rings. The maximum atomic E-state index is 9.75. The molecule has 1 saturated heterocycles. The topological polar surface area (TPSA) is 49.2 Å². The second-order valence-corrected chi connectivity index (χ2v) is 8.16. The highest BCUT2D eigenvalue weighted by molar-refractivity contribution is 7.18. The molecule has 124 valence electrons. The van der Waals surface area contributed by atoms with Crippen molar-refractivity contribution in [3.63, 3.8) is 0 Å². The zero-order chi connectivity index (χ0) is 15.8. The number of aromatic nitrogens is 2. The lowest BCUT2D eigenvalue weighted by Gasteiger charge is -2.19. The van der Waals surface area contributed by atoms with Crippen molar-refractivity contribution in [1.82, 2.24) is 14.9 Å². The lowest BCUT2D eigenvalue weighted by molar-refractivity contribution is 0.174. The van der Waals surface area contributed by atoms with Gasteiger partial charge in [-0.2, -0.15) is 0 Å². The molecule has 1 aliphatic heterocycles. The van der Waals surface area contributed by atoms with Gasteiger partial charge in [-0.3, -0.25) is 4.90 Å². The maximum Gasteiger partial charge on any atom is 0.127 e. The Morgan fingerprint density at radius 1 is 1.22 bits per heavy atom. The van der Waals surface area contributed by atoms with Crippen LogP contribution in [0.25, 0.3) is 10.2 Å². The highest BCUT2D eigenvalue weighted by Crippen LogP contribution is 2.39. The van der Waals surface area contributed by atoms with Crippen molar-refractivity contribution < 1.29 is 5.11 Å². The standard InChI is InChI=1S/C18H25N3OS/c1-12-19-16(11-21-8-7-14(22)10-21)15-9-17(23-18(15)20-12)13-5-3-2-4-6-13/h9,13-14,22H,2-8,10-11H2,1H3/t14-/m1/s1. The number of aliphatic hydroxyl groups excluding tert-OH is 1. The van der Waals surface area contributed by atoms with Gasteiger partial charge in [-0.25, -0.2) is 9.97 Å². The monoisotopic (exact) mass is 331 g/mol. The van der Waals surface area contributed by atoms with E-state index in [1.807, 2.05) is 18.3 Å². The van der Waals surface area contributed by atoms with Gasteiger partial charge in [0.25, 0.3) is 0 Å². The van der Waals surface area contributed by atoms with Gasteiger partial charge in [0.15, 0.2) is 0 Å². The molecule has 1 aliphatic carbocycles. The van der Waals surface area contributed by atoms with Gasteiger partial charge in [-0.05, 0) is 38.2 Å². The van der Waals surface area contributed by atoms with Crippen LogP contribution in [0.2, 0.25) is 0 Å². The second kappa shape index (κ2) is 6.46. The molecule has 0 aromatic carbocycles. The van der Waals surface area contributed by atoms with Crippen LogP contribution < -0.4 is 0 Å². The molecule has 2 aliphatic rings. The Morgan fingerprint density at radius 3 is 2.78 bits per heavy atom. The number of hydrogen-bond acceptors (Lipinski definition) is 5. The Labute approximate surface area is 141 Å². The number of rotatable bonds is 3. The van der Waals surface area contributed by atoms with E-state index in [2.05, 4.69) is 16.0 Å². The van der Waals surface area contributed by atoms with E-state index in [0.29, 0.717) is 0 Å². The molecule has 5 heteroatoms. The van der Waals surface area contributed by atoms with Crippen LogP contribution in [-0.2, 0) is 6.54 Å². The zero-order valence-electron chi connectivity index (χ0n) is 13.8. The van der Waals surface area contributed by atoms with Gasteiger partial charge < -0.3 is 5.11 Å². The number of aryl methyl sites for hydroxylation is 1. The Bertz CT molecular complexity index is 693. The van der Waals surface area contributed by atoms with Crippen LogP contribution in [0.5, 0.6) is 0 Å². The number of aliphatic hydroxyl groups is 1. The van der Waals surface area contributed by atoms with E-state index in [9.17, 15) is 5.11 Å². The van der Waals surface area contributed by atoms with E-state index in [4.69, 9.17) is 4.98 Å². The quantitative estimate of drug-likeness (QED) is 0.933. The Hall–Kier alpha value is -1.04. The first-order chi connectivity index (χ1) is 11.2. The molecule has 2 aromatic rings. The summed E-state index contributed by atoms with van der Waals surface area (Å²) in [5.74, 6) is 1.59. The summed E-state index contributed by atoms with van der Waals surface area (Å²) in [4.78, 5) is 14.4. The highest BCUT2D eigenvalue weighted by atomic mass is 32.1. The first-order valence-corrected chi connectivity index (χ1v) is 9.68. The minimum atomic E-state index is -0.173. The summed E-state index contributed by atoms with van der Waals surface area (Å²) >= 11 is 1.87. The number of hydrogen-bond donors (Lipinski definition) is 1. The fourth-order valence-electron chi connectivity index (χ4n) is 3.99. The SMILES string of the molecule is Cc1nc(CN2CC[C@@H](O)C2)c2cc(C3CCCCC3)sc2n1. The third-order valence-corrected chi connectivity index (χ3v) is 6.42. The number of fused-ring (bicyclic) bond motifs is 1. The summed E-state index contributed by atoms with van der Waals surface area (Å²) in [6.07, 6.45) is 7.48. The van der Waals surface area contributed by atoms with Gasteiger partial charge in [0.1, 0.15) is 10.7 Å². The summed E-state index contributed by atoms with van der Waals surface area (Å²) < 4.78 is 0. The lowest BCUT2D eigenvalue weighted by atomic mass is 9.88. The molecule has 0 amide bonds. The van der Waals surface area contributed by atoms with E-state index >= 15 is 0 Å². The molecule has 0 bridgehead atoms. The van der Waals surface area contributed by atoms with Crippen LogP contribution >= 0.6 is 11.3 Å². The fourth-order valence-corrected chi connectivity index (χ4v) is 5.26. The molecule has 0 unspecified atom stereocenters. The van der Waals surface area contributed by atoms with Gasteiger partial charge in [-0.15, -0.1) is 11.3 Å². The predicted octanol–water partition coefficient (Wildman–Crippen LogP) is 3.61. The van der Waals surface area contributed by atoms with E-state index < -0.39 is 0 Å². The zero-order valence-corrected chi connectivity index (χ0v) is 14.6. The largest absolute Gasteiger partial charge is 0.392 e. The molecule has 3 heterocycles. The summed E-state index contributed by atoms with van der Waals surface area (Å²) in [7, 11) is 0. The highest BCUT2D eigenvalue weighted by Gasteiger charge is 2.23. The average molecular weight is 331 g/mol.